The molecule has 0 bridgehead atoms. The van der Waals surface area contributed by atoms with Gasteiger partial charge in [-0.05, 0) is 12.1 Å². The van der Waals surface area contributed by atoms with E-state index in [2.05, 4.69) is 9.97 Å². The zero-order valence-electron chi connectivity index (χ0n) is 14.9. The molecular formula is C21H12N4O4. The fraction of sp³-hybridized carbons (Fsp3) is 0. The minimum absolute atomic E-state index is 0.120. The molecule has 140 valence electrons. The second-order valence-corrected chi connectivity index (χ2v) is 6.30. The van der Waals surface area contributed by atoms with Crippen molar-refractivity contribution in [3.63, 3.8) is 0 Å². The van der Waals surface area contributed by atoms with Crippen LogP contribution in [0.15, 0.2) is 82.9 Å². The highest BCUT2D eigenvalue weighted by Gasteiger charge is 2.24. The maximum absolute atomic E-state index is 13.1. The number of hydrogen-bond acceptors (Lipinski definition) is 6. The summed E-state index contributed by atoms with van der Waals surface area (Å²) in [6.45, 7) is 0. The third-order valence-electron chi connectivity index (χ3n) is 4.57. The highest BCUT2D eigenvalue weighted by molar-refractivity contribution is 5.96. The number of aromatic nitrogens is 4. The first kappa shape index (κ1) is 16.8. The molecule has 0 saturated heterocycles. The third-order valence-corrected chi connectivity index (χ3v) is 4.57. The van der Waals surface area contributed by atoms with Crippen molar-refractivity contribution in [3.8, 4) is 17.0 Å². The van der Waals surface area contributed by atoms with Gasteiger partial charge in [-0.15, -0.1) is 0 Å². The van der Waals surface area contributed by atoms with Gasteiger partial charge in [-0.2, -0.15) is 0 Å². The Kier molecular flexibility index (Phi) is 3.70. The first-order chi connectivity index (χ1) is 14.1. The zero-order chi connectivity index (χ0) is 20.0. The number of hydrogen-bond donors (Lipinski definition) is 0. The number of rotatable bonds is 3. The smallest absolute Gasteiger partial charge is 0.364 e. The number of para-hydroxylation sites is 1. The molecule has 3 heterocycles. The van der Waals surface area contributed by atoms with E-state index in [-0.39, 0.29) is 16.7 Å². The lowest BCUT2D eigenvalue weighted by molar-refractivity contribution is 0.0731. The van der Waals surface area contributed by atoms with Gasteiger partial charge in [0.05, 0.1) is 0 Å². The number of carbonyl (C=O) groups excluding carboxylic acids is 1. The Balaban J connectivity index is 1.71. The molecule has 0 fully saturated rings. The van der Waals surface area contributed by atoms with Crippen LogP contribution in [0, 0.1) is 0 Å². The lowest BCUT2D eigenvalue weighted by Crippen LogP contribution is -2.26. The van der Waals surface area contributed by atoms with Gasteiger partial charge in [0.25, 0.3) is 11.1 Å². The minimum atomic E-state index is -0.821. The molecule has 0 atom stereocenters. The lowest BCUT2D eigenvalue weighted by Gasteiger charge is -2.03. The first-order valence-electron chi connectivity index (χ1n) is 8.72. The van der Waals surface area contributed by atoms with E-state index in [9.17, 15) is 14.4 Å². The second-order valence-electron chi connectivity index (χ2n) is 6.30. The SMILES string of the molecule is O=C(Oc1ccccc1)c1ncn2c(=O)c3c(-c4ccccc4)ncn3c(=O)c12. The maximum Gasteiger partial charge on any atom is 0.364 e. The Bertz CT molecular complexity index is 1470. The summed E-state index contributed by atoms with van der Waals surface area (Å²) >= 11 is 0. The first-order valence-corrected chi connectivity index (χ1v) is 8.72. The maximum atomic E-state index is 13.1. The molecule has 0 aliphatic carbocycles. The summed E-state index contributed by atoms with van der Waals surface area (Å²) in [6, 6.07) is 17.5. The van der Waals surface area contributed by atoms with Gasteiger partial charge in [0.2, 0.25) is 0 Å². The van der Waals surface area contributed by atoms with E-state index in [1.165, 1.54) is 6.33 Å². The third kappa shape index (κ3) is 2.58. The van der Waals surface area contributed by atoms with Crippen LogP contribution in [0.3, 0.4) is 0 Å². The summed E-state index contributed by atoms with van der Waals surface area (Å²) in [5, 5.41) is 0. The van der Waals surface area contributed by atoms with Crippen LogP contribution in [0.5, 0.6) is 5.75 Å². The van der Waals surface area contributed by atoms with Gasteiger partial charge >= 0.3 is 5.97 Å². The highest BCUT2D eigenvalue weighted by atomic mass is 16.5. The molecule has 29 heavy (non-hydrogen) atoms. The molecule has 0 amide bonds. The highest BCUT2D eigenvalue weighted by Crippen LogP contribution is 2.20. The Labute approximate surface area is 162 Å². The number of esters is 1. The second kappa shape index (κ2) is 6.38. The average molecular weight is 384 g/mol. The van der Waals surface area contributed by atoms with Gasteiger partial charge in [-0.3, -0.25) is 18.4 Å². The summed E-state index contributed by atoms with van der Waals surface area (Å²) in [6.07, 6.45) is 2.43. The normalized spacial score (nSPS) is 11.2. The van der Waals surface area contributed by atoms with Crippen LogP contribution < -0.4 is 15.9 Å². The van der Waals surface area contributed by atoms with Gasteiger partial charge in [-0.25, -0.2) is 14.8 Å². The summed E-state index contributed by atoms with van der Waals surface area (Å²) < 4.78 is 7.47. The molecule has 0 N–H and O–H groups in total. The predicted octanol–water partition coefficient (Wildman–Crippen LogP) is 2.03. The fourth-order valence-electron chi connectivity index (χ4n) is 3.24. The van der Waals surface area contributed by atoms with Crippen molar-refractivity contribution in [2.24, 2.45) is 0 Å². The molecule has 0 saturated carbocycles. The Morgan fingerprint density at radius 3 is 2.07 bits per heavy atom. The Morgan fingerprint density at radius 2 is 1.34 bits per heavy atom. The molecule has 0 spiro atoms. The van der Waals surface area contributed by atoms with E-state index in [4.69, 9.17) is 4.74 Å². The van der Waals surface area contributed by atoms with Gasteiger partial charge in [-0.1, -0.05) is 48.5 Å². The van der Waals surface area contributed by atoms with Crippen molar-refractivity contribution in [2.45, 2.75) is 0 Å². The molecule has 0 radical (unpaired) electrons. The standard InChI is InChI=1S/C21H12N4O4/c26-19-17-15(13-7-3-1-4-8-13)22-11-24(17)20(27)18-16(23-12-25(18)19)21(28)29-14-9-5-2-6-10-14/h1-12H. The van der Waals surface area contributed by atoms with Gasteiger partial charge in [0.15, 0.2) is 5.69 Å². The van der Waals surface area contributed by atoms with Crippen molar-refractivity contribution in [2.75, 3.05) is 0 Å². The van der Waals surface area contributed by atoms with Crippen molar-refractivity contribution in [1.29, 1.82) is 0 Å². The van der Waals surface area contributed by atoms with E-state index in [0.717, 1.165) is 15.1 Å². The number of ether oxygens (including phenoxy) is 1. The zero-order valence-corrected chi connectivity index (χ0v) is 14.9. The quantitative estimate of drug-likeness (QED) is 0.349. The number of benzene rings is 2. The molecule has 0 aliphatic heterocycles. The minimum Gasteiger partial charge on any atom is -0.422 e. The van der Waals surface area contributed by atoms with Crippen molar-refractivity contribution in [1.82, 2.24) is 18.8 Å². The number of imidazole rings is 2. The molecule has 0 aliphatic rings. The van der Waals surface area contributed by atoms with Gasteiger partial charge < -0.3 is 4.74 Å². The van der Waals surface area contributed by atoms with Crippen LogP contribution >= 0.6 is 0 Å². The van der Waals surface area contributed by atoms with Gasteiger partial charge in [0, 0.05) is 5.56 Å². The van der Waals surface area contributed by atoms with Crippen LogP contribution in [0.1, 0.15) is 10.5 Å². The largest absolute Gasteiger partial charge is 0.422 e. The van der Waals surface area contributed by atoms with Gasteiger partial charge in [0.1, 0.15) is 35.1 Å². The summed E-state index contributed by atoms with van der Waals surface area (Å²) in [5.74, 6) is -0.513. The summed E-state index contributed by atoms with van der Waals surface area (Å²) in [7, 11) is 0. The lowest BCUT2D eigenvalue weighted by atomic mass is 10.1. The van der Waals surface area contributed by atoms with Crippen molar-refractivity contribution < 1.29 is 9.53 Å². The molecule has 8 heteroatoms. The van der Waals surface area contributed by atoms with Crippen LogP contribution in [0.4, 0.5) is 0 Å². The van der Waals surface area contributed by atoms with Crippen molar-refractivity contribution >= 4 is 17.0 Å². The Morgan fingerprint density at radius 1 is 0.759 bits per heavy atom. The van der Waals surface area contributed by atoms with E-state index in [1.807, 2.05) is 18.2 Å². The molecule has 0 unspecified atom stereocenters. The number of fused-ring (bicyclic) bond motifs is 2. The molecular weight excluding hydrogens is 372 g/mol. The average Bonchev–Trinajstić information content (AvgIpc) is 3.39. The summed E-state index contributed by atoms with van der Waals surface area (Å²) in [5.41, 5.74) is -0.247. The van der Waals surface area contributed by atoms with Crippen LogP contribution in [0.2, 0.25) is 0 Å². The molecule has 2 aromatic carbocycles. The fourth-order valence-corrected chi connectivity index (χ4v) is 3.24. The monoisotopic (exact) mass is 384 g/mol. The van der Waals surface area contributed by atoms with Crippen LogP contribution in [-0.2, 0) is 0 Å². The van der Waals surface area contributed by atoms with Crippen molar-refractivity contribution in [3.05, 3.63) is 99.7 Å². The molecule has 3 aromatic heterocycles. The van der Waals surface area contributed by atoms with E-state index < -0.39 is 17.1 Å². The molecule has 5 rings (SSSR count). The Hall–Kier alpha value is -4.33. The molecule has 5 aromatic rings. The van der Waals surface area contributed by atoms with E-state index in [1.54, 1.807) is 42.5 Å². The van der Waals surface area contributed by atoms with E-state index in [0.29, 0.717) is 17.0 Å². The predicted molar refractivity (Wildman–Crippen MR) is 105 cm³/mol. The van der Waals surface area contributed by atoms with E-state index >= 15 is 0 Å². The number of nitrogens with zero attached hydrogens (tertiary/aromatic N) is 4. The number of carbonyl (C=O) groups is 1. The summed E-state index contributed by atoms with van der Waals surface area (Å²) in [4.78, 5) is 46.9. The molecule has 8 nitrogen and oxygen atoms in total. The van der Waals surface area contributed by atoms with Crippen LogP contribution in [-0.4, -0.2) is 24.7 Å². The topological polar surface area (TPSA) is 95.0 Å². The van der Waals surface area contributed by atoms with Crippen LogP contribution in [0.25, 0.3) is 22.3 Å².